The van der Waals surface area contributed by atoms with Crippen LogP contribution in [0.25, 0.3) is 0 Å². The first-order valence-corrected chi connectivity index (χ1v) is 7.97. The summed E-state index contributed by atoms with van der Waals surface area (Å²) < 4.78 is 0. The third kappa shape index (κ3) is 15.6. The maximum Gasteiger partial charge on any atom is 0.0184 e. The van der Waals surface area contributed by atoms with Gasteiger partial charge < -0.3 is 0 Å². The van der Waals surface area contributed by atoms with Crippen LogP contribution >= 0.6 is 11.8 Å². The highest BCUT2D eigenvalue weighted by atomic mass is 32.2. The van der Waals surface area contributed by atoms with E-state index in [-0.39, 0.29) is 0 Å². The fourth-order valence-electron chi connectivity index (χ4n) is 0.987. The molecule has 0 N–H and O–H groups in total. The Hall–Kier alpha value is -0.430. The summed E-state index contributed by atoms with van der Waals surface area (Å²) in [7, 11) is 0. The molecule has 0 bridgehead atoms. The Morgan fingerprint density at radius 2 is 1.47 bits per heavy atom. The van der Waals surface area contributed by atoms with Gasteiger partial charge in [0.2, 0.25) is 0 Å². The smallest absolute Gasteiger partial charge is 0.0184 e. The number of thioether (sulfide) groups is 1. The molecular formula is C16H30S. The minimum Gasteiger partial charge on any atom is -0.157 e. The zero-order valence-corrected chi connectivity index (χ0v) is 13.3. The van der Waals surface area contributed by atoms with Gasteiger partial charge in [-0.3, -0.25) is 0 Å². The number of hydrogen-bond acceptors (Lipinski definition) is 1. The van der Waals surface area contributed by atoms with Crippen LogP contribution < -0.4 is 0 Å². The molecule has 17 heavy (non-hydrogen) atoms. The van der Waals surface area contributed by atoms with Gasteiger partial charge in [0, 0.05) is 5.75 Å². The van der Waals surface area contributed by atoms with Crippen LogP contribution in [0.2, 0.25) is 0 Å². The fraction of sp³-hybridized carbons (Fsp3) is 0.625. The fourth-order valence-corrected chi connectivity index (χ4v) is 2.00. The molecule has 0 fully saturated rings. The van der Waals surface area contributed by atoms with E-state index in [0.29, 0.717) is 0 Å². The Morgan fingerprint density at radius 3 is 1.88 bits per heavy atom. The lowest BCUT2D eigenvalue weighted by atomic mass is 10.2. The van der Waals surface area contributed by atoms with Gasteiger partial charge in [-0.25, -0.2) is 0 Å². The molecule has 0 spiro atoms. The van der Waals surface area contributed by atoms with Crippen molar-refractivity contribution in [3.8, 4) is 0 Å². The zero-order valence-electron chi connectivity index (χ0n) is 12.5. The SMILES string of the molecule is CC.CC(C)CSCc1ccccc1.CCC. The van der Waals surface area contributed by atoms with Gasteiger partial charge in [0.1, 0.15) is 0 Å². The van der Waals surface area contributed by atoms with Crippen LogP contribution in [0.15, 0.2) is 30.3 Å². The molecule has 0 radical (unpaired) electrons. The lowest BCUT2D eigenvalue weighted by Crippen LogP contribution is -1.91. The third-order valence-corrected chi connectivity index (χ3v) is 3.00. The monoisotopic (exact) mass is 254 g/mol. The van der Waals surface area contributed by atoms with E-state index in [1.165, 1.54) is 17.7 Å². The van der Waals surface area contributed by atoms with Crippen LogP contribution in [0.4, 0.5) is 0 Å². The van der Waals surface area contributed by atoms with Crippen molar-refractivity contribution < 1.29 is 0 Å². The highest BCUT2D eigenvalue weighted by Gasteiger charge is 1.94. The molecule has 0 saturated carbocycles. The molecule has 0 unspecified atom stereocenters. The Balaban J connectivity index is 0. The molecule has 0 heterocycles. The predicted octanol–water partition coefficient (Wildman–Crippen LogP) is 6.02. The Labute approximate surface area is 113 Å². The molecule has 0 atom stereocenters. The molecular weight excluding hydrogens is 224 g/mol. The van der Waals surface area contributed by atoms with Crippen molar-refractivity contribution in [1.82, 2.24) is 0 Å². The van der Waals surface area contributed by atoms with Gasteiger partial charge in [-0.15, -0.1) is 0 Å². The second-order valence-electron chi connectivity index (χ2n) is 4.10. The summed E-state index contributed by atoms with van der Waals surface area (Å²) in [4.78, 5) is 0. The normalized spacial score (nSPS) is 8.88. The van der Waals surface area contributed by atoms with E-state index in [1.54, 1.807) is 0 Å². The summed E-state index contributed by atoms with van der Waals surface area (Å²) in [6.45, 7) is 12.8. The first kappa shape index (κ1) is 18.9. The average molecular weight is 254 g/mol. The van der Waals surface area contributed by atoms with Gasteiger partial charge in [0.25, 0.3) is 0 Å². The summed E-state index contributed by atoms with van der Waals surface area (Å²) in [5.74, 6) is 3.21. The van der Waals surface area contributed by atoms with Gasteiger partial charge >= 0.3 is 0 Å². The average Bonchev–Trinajstić information content (AvgIpc) is 2.33. The standard InChI is InChI=1S/C11H16S.C3H8.C2H6/c1-10(2)8-12-9-11-6-4-3-5-7-11;1-3-2;1-2/h3-7,10H,8-9H2,1-2H3;3H2,1-2H3;1-2H3. The first-order chi connectivity index (χ1) is 8.20. The summed E-state index contributed by atoms with van der Waals surface area (Å²) in [6.07, 6.45) is 1.25. The molecule has 1 heteroatoms. The van der Waals surface area contributed by atoms with Gasteiger partial charge in [-0.05, 0) is 17.2 Å². The molecule has 0 aliphatic heterocycles. The summed E-state index contributed by atoms with van der Waals surface area (Å²) >= 11 is 2.01. The third-order valence-electron chi connectivity index (χ3n) is 1.56. The van der Waals surface area contributed by atoms with Crippen LogP contribution in [-0.2, 0) is 5.75 Å². The minimum atomic E-state index is 0.804. The molecule has 0 nitrogen and oxygen atoms in total. The van der Waals surface area contributed by atoms with Gasteiger partial charge in [-0.2, -0.15) is 11.8 Å². The minimum absolute atomic E-state index is 0.804. The van der Waals surface area contributed by atoms with Gasteiger partial charge in [-0.1, -0.05) is 78.3 Å². The van der Waals surface area contributed by atoms with Crippen LogP contribution in [0.1, 0.15) is 53.5 Å². The van der Waals surface area contributed by atoms with Gasteiger partial charge in [0.15, 0.2) is 0 Å². The molecule has 1 aromatic carbocycles. The van der Waals surface area contributed by atoms with E-state index in [0.717, 1.165) is 11.7 Å². The lowest BCUT2D eigenvalue weighted by molar-refractivity contribution is 0.750. The van der Waals surface area contributed by atoms with E-state index in [9.17, 15) is 0 Å². The highest BCUT2D eigenvalue weighted by Crippen LogP contribution is 2.14. The number of hydrogen-bond donors (Lipinski definition) is 0. The highest BCUT2D eigenvalue weighted by molar-refractivity contribution is 7.98. The van der Waals surface area contributed by atoms with E-state index < -0.39 is 0 Å². The van der Waals surface area contributed by atoms with E-state index in [4.69, 9.17) is 0 Å². The van der Waals surface area contributed by atoms with Crippen molar-refractivity contribution in [2.24, 2.45) is 5.92 Å². The Bertz CT molecular complexity index is 216. The van der Waals surface area contributed by atoms with Crippen LogP contribution in [0.3, 0.4) is 0 Å². The van der Waals surface area contributed by atoms with E-state index in [2.05, 4.69) is 58.0 Å². The largest absolute Gasteiger partial charge is 0.157 e. The molecule has 1 aromatic rings. The zero-order chi connectivity index (χ0) is 13.5. The summed E-state index contributed by atoms with van der Waals surface area (Å²) in [5.41, 5.74) is 1.43. The van der Waals surface area contributed by atoms with E-state index >= 15 is 0 Å². The first-order valence-electron chi connectivity index (χ1n) is 6.82. The molecule has 0 aliphatic carbocycles. The Kier molecular flexibility index (Phi) is 17.3. The van der Waals surface area contributed by atoms with Crippen molar-refractivity contribution in [1.29, 1.82) is 0 Å². The quantitative estimate of drug-likeness (QED) is 0.633. The Morgan fingerprint density at radius 1 is 1.00 bits per heavy atom. The second-order valence-corrected chi connectivity index (χ2v) is 5.13. The number of rotatable bonds is 4. The van der Waals surface area contributed by atoms with Crippen molar-refractivity contribution >= 4 is 11.8 Å². The van der Waals surface area contributed by atoms with E-state index in [1.807, 2.05) is 25.6 Å². The molecule has 0 aliphatic rings. The van der Waals surface area contributed by atoms with Crippen molar-refractivity contribution in [3.05, 3.63) is 35.9 Å². The molecule has 0 aromatic heterocycles. The van der Waals surface area contributed by atoms with Crippen LogP contribution in [-0.4, -0.2) is 5.75 Å². The molecule has 0 amide bonds. The lowest BCUT2D eigenvalue weighted by Gasteiger charge is -2.03. The van der Waals surface area contributed by atoms with Gasteiger partial charge in [0.05, 0.1) is 0 Å². The van der Waals surface area contributed by atoms with Crippen LogP contribution in [0.5, 0.6) is 0 Å². The van der Waals surface area contributed by atoms with Crippen molar-refractivity contribution in [2.75, 3.05) is 5.75 Å². The summed E-state index contributed by atoms with van der Waals surface area (Å²) in [6, 6.07) is 10.6. The van der Waals surface area contributed by atoms with Crippen LogP contribution in [0, 0.1) is 5.92 Å². The molecule has 0 saturated heterocycles. The predicted molar refractivity (Wildman–Crippen MR) is 84.8 cm³/mol. The topological polar surface area (TPSA) is 0 Å². The number of benzene rings is 1. The molecule has 100 valence electrons. The van der Waals surface area contributed by atoms with Crippen molar-refractivity contribution in [2.45, 2.75) is 53.7 Å². The second kappa shape index (κ2) is 15.6. The molecule has 1 rings (SSSR count). The maximum atomic E-state index is 2.26. The summed E-state index contributed by atoms with van der Waals surface area (Å²) in [5, 5.41) is 0. The maximum absolute atomic E-state index is 2.26. The van der Waals surface area contributed by atoms with Crippen molar-refractivity contribution in [3.63, 3.8) is 0 Å².